The molecular weight excluding hydrogens is 347 g/mol. The average molecular weight is 347 g/mol. The Labute approximate surface area is 247 Å². The van der Waals surface area contributed by atoms with E-state index < -0.39 is 23.5 Å². The zero-order valence-electron chi connectivity index (χ0n) is 15.2. The Kier molecular flexibility index (Phi) is 128. The van der Waals surface area contributed by atoms with Gasteiger partial charge < -0.3 is 57.7 Å². The standard InChI is InChI=1S/9Li.3H3O4P/c;;;;;;;;;3*1-5(2,3)4/h;;;;;;;;;3*(H3,1,2,3,4)/q9*+1;;;/p-9. The van der Waals surface area contributed by atoms with Gasteiger partial charge in [0.1, 0.15) is 0 Å². The van der Waals surface area contributed by atoms with Crippen LogP contribution in [-0.4, -0.2) is 0 Å². The van der Waals surface area contributed by atoms with Gasteiger partial charge in [0.05, 0.1) is 0 Å². The van der Waals surface area contributed by atoms with E-state index in [0.717, 1.165) is 0 Å². The zero-order chi connectivity index (χ0) is 13.5. The molecule has 0 aliphatic heterocycles. The number of phosphoric acid groups is 3. The van der Waals surface area contributed by atoms with Gasteiger partial charge in [0.15, 0.2) is 0 Å². The van der Waals surface area contributed by atoms with Crippen LogP contribution in [0.15, 0.2) is 0 Å². The van der Waals surface area contributed by atoms with Crippen LogP contribution in [0, 0.1) is 0 Å². The second-order valence-corrected chi connectivity index (χ2v) is 4.02. The van der Waals surface area contributed by atoms with Gasteiger partial charge >= 0.3 is 170 Å². The summed E-state index contributed by atoms with van der Waals surface area (Å²) in [6, 6.07) is 0. The molecule has 0 heterocycles. The van der Waals surface area contributed by atoms with Crippen LogP contribution < -0.4 is 214 Å². The summed E-state index contributed by atoms with van der Waals surface area (Å²) in [5.74, 6) is 0. The maximum atomic E-state index is 8.55. The van der Waals surface area contributed by atoms with Crippen molar-refractivity contribution in [3.8, 4) is 0 Å². The van der Waals surface area contributed by atoms with E-state index in [9.17, 15) is 0 Å². The average Bonchev–Trinajstić information content (AvgIpc) is 1.41. The van der Waals surface area contributed by atoms with E-state index in [4.69, 9.17) is 57.7 Å². The van der Waals surface area contributed by atoms with E-state index in [1.165, 1.54) is 0 Å². The minimum absolute atomic E-state index is 0. The Morgan fingerprint density at radius 2 is 0.292 bits per heavy atom. The van der Waals surface area contributed by atoms with Crippen LogP contribution in [0.1, 0.15) is 0 Å². The normalized spacial score (nSPS) is 7.38. The van der Waals surface area contributed by atoms with Crippen molar-refractivity contribution in [1.29, 1.82) is 0 Å². The molecule has 0 aromatic rings. The monoisotopic (exact) mass is 348 g/mol. The van der Waals surface area contributed by atoms with Crippen molar-refractivity contribution in [3.63, 3.8) is 0 Å². The van der Waals surface area contributed by atoms with Crippen molar-refractivity contribution in [2.75, 3.05) is 0 Å². The predicted octanol–water partition coefficient (Wildman–Crippen LogP) is -35.4. The van der Waals surface area contributed by atoms with Gasteiger partial charge in [-0.05, 0) is 0 Å². The van der Waals surface area contributed by atoms with Gasteiger partial charge in [-0.3, -0.25) is 0 Å². The maximum Gasteiger partial charge on any atom is 1.00 e. The zero-order valence-corrected chi connectivity index (χ0v) is 17.9. The quantitative estimate of drug-likeness (QED) is 0.292. The molecule has 0 aromatic carbocycles. The Morgan fingerprint density at radius 3 is 0.292 bits per heavy atom. The molecule has 0 radical (unpaired) electrons. The van der Waals surface area contributed by atoms with E-state index in [2.05, 4.69) is 0 Å². The van der Waals surface area contributed by atoms with E-state index in [0.29, 0.717) is 0 Å². The second-order valence-electron chi connectivity index (χ2n) is 1.34. The maximum absolute atomic E-state index is 8.55. The van der Waals surface area contributed by atoms with E-state index in [1.807, 2.05) is 0 Å². The van der Waals surface area contributed by atoms with Crippen LogP contribution in [0.5, 0.6) is 0 Å². The molecule has 24 heteroatoms. The molecule has 96 valence electrons. The van der Waals surface area contributed by atoms with Crippen molar-refractivity contribution in [1.82, 2.24) is 0 Å². The Morgan fingerprint density at radius 1 is 0.292 bits per heavy atom. The van der Waals surface area contributed by atoms with Gasteiger partial charge in [0.2, 0.25) is 0 Å². The van der Waals surface area contributed by atoms with Crippen LogP contribution in [0.25, 0.3) is 0 Å². The first-order valence-electron chi connectivity index (χ1n) is 2.19. The summed E-state index contributed by atoms with van der Waals surface area (Å²) in [4.78, 5) is 76.9. The molecule has 0 saturated carbocycles. The summed E-state index contributed by atoms with van der Waals surface area (Å²) in [6.07, 6.45) is 0. The fourth-order valence-corrected chi connectivity index (χ4v) is 0. The van der Waals surface area contributed by atoms with Gasteiger partial charge in [-0.1, -0.05) is 0 Å². The molecule has 12 nitrogen and oxygen atoms in total. The first-order chi connectivity index (χ1) is 6.00. The summed E-state index contributed by atoms with van der Waals surface area (Å²) in [6.45, 7) is 0. The van der Waals surface area contributed by atoms with E-state index >= 15 is 0 Å². The number of hydrogen-bond acceptors (Lipinski definition) is 12. The fraction of sp³-hybridized carbons (Fsp3) is 0. The van der Waals surface area contributed by atoms with Crippen LogP contribution in [0.4, 0.5) is 0 Å². The third-order valence-corrected chi connectivity index (χ3v) is 0. The van der Waals surface area contributed by atoms with Crippen molar-refractivity contribution in [2.24, 2.45) is 0 Å². The molecule has 0 aliphatic carbocycles. The molecule has 0 fully saturated rings. The van der Waals surface area contributed by atoms with Crippen LogP contribution in [0.3, 0.4) is 0 Å². The van der Waals surface area contributed by atoms with E-state index in [1.54, 1.807) is 0 Å². The molecule has 0 aliphatic rings. The van der Waals surface area contributed by atoms with E-state index in [-0.39, 0.29) is 170 Å². The van der Waals surface area contributed by atoms with Crippen molar-refractivity contribution in [3.05, 3.63) is 0 Å². The molecule has 0 spiro atoms. The summed E-state index contributed by atoms with van der Waals surface area (Å²) in [5, 5.41) is 0. The molecule has 0 saturated heterocycles. The molecule has 0 unspecified atom stereocenters. The number of hydrogen-bond donors (Lipinski definition) is 0. The van der Waals surface area contributed by atoms with Gasteiger partial charge in [-0.2, -0.15) is 23.5 Å². The van der Waals surface area contributed by atoms with Crippen molar-refractivity contribution < 1.29 is 227 Å². The van der Waals surface area contributed by atoms with Gasteiger partial charge in [0, 0.05) is 0 Å². The Bertz CT molecular complexity index is 220. The molecule has 0 aromatic heterocycles. The summed E-state index contributed by atoms with van der Waals surface area (Å²) < 4.78 is 25.6. The predicted molar refractivity (Wildman–Crippen MR) is 22.8 cm³/mol. The summed E-state index contributed by atoms with van der Waals surface area (Å²) in [7, 11) is -16.2. The molecule has 0 amide bonds. The summed E-state index contributed by atoms with van der Waals surface area (Å²) in [5.41, 5.74) is 0. The van der Waals surface area contributed by atoms with Crippen molar-refractivity contribution in [2.45, 2.75) is 0 Å². The largest absolute Gasteiger partial charge is 1.00 e. The molecular formula is Li9O12P3. The van der Waals surface area contributed by atoms with Gasteiger partial charge in [-0.25, -0.2) is 0 Å². The fourth-order valence-electron chi connectivity index (χ4n) is 0. The first-order valence-corrected chi connectivity index (χ1v) is 6.57. The third kappa shape index (κ3) is 607. The van der Waals surface area contributed by atoms with Crippen LogP contribution in [0.2, 0.25) is 0 Å². The molecule has 0 bridgehead atoms. The molecule has 0 rings (SSSR count). The minimum Gasteiger partial charge on any atom is -0.822 e. The smallest absolute Gasteiger partial charge is 0.822 e. The van der Waals surface area contributed by atoms with Crippen molar-refractivity contribution >= 4 is 23.5 Å². The minimum atomic E-state index is -5.39. The van der Waals surface area contributed by atoms with Crippen LogP contribution >= 0.6 is 23.5 Å². The summed E-state index contributed by atoms with van der Waals surface area (Å²) >= 11 is 0. The van der Waals surface area contributed by atoms with Gasteiger partial charge in [-0.15, -0.1) is 0 Å². The molecule has 0 N–H and O–H groups in total. The molecule has 24 heavy (non-hydrogen) atoms. The third-order valence-electron chi connectivity index (χ3n) is 0. The first kappa shape index (κ1) is 78.1. The van der Waals surface area contributed by atoms with Gasteiger partial charge in [0.25, 0.3) is 0 Å². The second kappa shape index (κ2) is 39.2. The van der Waals surface area contributed by atoms with Crippen LogP contribution in [-0.2, 0) is 13.7 Å². The Hall–Kier alpha value is 5.71. The topological polar surface area (TPSA) is 259 Å². The molecule has 0 atom stereocenters. The SMILES string of the molecule is O=P([O-])([O-])[O-].O=P([O-])([O-])[O-].O=P([O-])([O-])[O-].[Li+].[Li+].[Li+].[Li+].[Li+].[Li+].[Li+].[Li+].[Li+]. The number of rotatable bonds is 0. The Balaban J connectivity index is -0.00000000758.